The number of carbonyl (C=O) groups is 1. The standard InChI is InChI=1S/C16H34N4O.HI/c1-7-8-9-10-14(4)19-16(17-11-13(2)3)18-12-15(21)20(5)6;/h13-14H,7-12H2,1-6H3,(H2,17,18,19);1H. The molecule has 0 aromatic rings. The van der Waals surface area contributed by atoms with E-state index in [0.717, 1.165) is 18.9 Å². The van der Waals surface area contributed by atoms with E-state index in [1.807, 2.05) is 0 Å². The summed E-state index contributed by atoms with van der Waals surface area (Å²) < 4.78 is 0. The van der Waals surface area contributed by atoms with Crippen molar-refractivity contribution >= 4 is 35.8 Å². The molecule has 0 aromatic heterocycles. The Bertz CT molecular complexity index is 319. The zero-order valence-corrected chi connectivity index (χ0v) is 17.4. The minimum absolute atomic E-state index is 0. The maximum Gasteiger partial charge on any atom is 0.243 e. The molecule has 0 radical (unpaired) electrons. The molecule has 1 unspecified atom stereocenters. The molecule has 2 N–H and O–H groups in total. The molecule has 0 saturated heterocycles. The lowest BCUT2D eigenvalue weighted by molar-refractivity contribution is -0.127. The van der Waals surface area contributed by atoms with Crippen molar-refractivity contribution in [2.75, 3.05) is 27.2 Å². The van der Waals surface area contributed by atoms with Crippen LogP contribution in [-0.4, -0.2) is 50.0 Å². The van der Waals surface area contributed by atoms with Crippen LogP contribution >= 0.6 is 24.0 Å². The first-order valence-corrected chi connectivity index (χ1v) is 8.11. The molecule has 0 aliphatic carbocycles. The van der Waals surface area contributed by atoms with Gasteiger partial charge in [0.25, 0.3) is 0 Å². The third-order valence-electron chi connectivity index (χ3n) is 3.17. The van der Waals surface area contributed by atoms with Crippen molar-refractivity contribution in [1.29, 1.82) is 0 Å². The predicted octanol–water partition coefficient (Wildman–Crippen LogP) is 2.85. The van der Waals surface area contributed by atoms with E-state index in [2.05, 4.69) is 43.3 Å². The van der Waals surface area contributed by atoms with E-state index in [-0.39, 0.29) is 36.4 Å². The molecule has 5 nitrogen and oxygen atoms in total. The fourth-order valence-corrected chi connectivity index (χ4v) is 1.75. The molecule has 6 heteroatoms. The summed E-state index contributed by atoms with van der Waals surface area (Å²) in [6, 6.07) is 0.365. The van der Waals surface area contributed by atoms with Gasteiger partial charge in [0.15, 0.2) is 5.96 Å². The van der Waals surface area contributed by atoms with Gasteiger partial charge in [-0.15, -0.1) is 24.0 Å². The van der Waals surface area contributed by atoms with Crippen molar-refractivity contribution in [3.63, 3.8) is 0 Å². The number of unbranched alkanes of at least 4 members (excludes halogenated alkanes) is 2. The molecule has 0 aromatic carbocycles. The third-order valence-corrected chi connectivity index (χ3v) is 3.17. The summed E-state index contributed by atoms with van der Waals surface area (Å²) in [4.78, 5) is 17.6. The zero-order chi connectivity index (χ0) is 16.3. The molecular weight excluding hydrogens is 391 g/mol. The van der Waals surface area contributed by atoms with Crippen LogP contribution in [0.2, 0.25) is 0 Å². The highest BCUT2D eigenvalue weighted by Gasteiger charge is 2.08. The lowest BCUT2D eigenvalue weighted by Gasteiger charge is -2.19. The molecule has 0 aliphatic rings. The summed E-state index contributed by atoms with van der Waals surface area (Å²) in [7, 11) is 3.50. The van der Waals surface area contributed by atoms with E-state index >= 15 is 0 Å². The molecule has 0 saturated carbocycles. The summed E-state index contributed by atoms with van der Waals surface area (Å²) in [6.45, 7) is 9.71. The fourth-order valence-electron chi connectivity index (χ4n) is 1.75. The van der Waals surface area contributed by atoms with Gasteiger partial charge in [0.2, 0.25) is 5.91 Å². The van der Waals surface area contributed by atoms with Crippen LogP contribution in [0.5, 0.6) is 0 Å². The second kappa shape index (κ2) is 14.1. The van der Waals surface area contributed by atoms with E-state index in [1.54, 1.807) is 19.0 Å². The first-order valence-electron chi connectivity index (χ1n) is 8.11. The highest BCUT2D eigenvalue weighted by Crippen LogP contribution is 2.02. The minimum Gasteiger partial charge on any atom is -0.356 e. The van der Waals surface area contributed by atoms with E-state index in [1.165, 1.54) is 19.3 Å². The minimum atomic E-state index is 0. The smallest absolute Gasteiger partial charge is 0.243 e. The van der Waals surface area contributed by atoms with Crippen molar-refractivity contribution in [3.8, 4) is 0 Å². The van der Waals surface area contributed by atoms with Gasteiger partial charge in [0, 0.05) is 26.7 Å². The Labute approximate surface area is 153 Å². The summed E-state index contributed by atoms with van der Waals surface area (Å²) in [5.74, 6) is 1.29. The Kier molecular flexibility index (Phi) is 15.2. The zero-order valence-electron chi connectivity index (χ0n) is 15.1. The van der Waals surface area contributed by atoms with Crippen molar-refractivity contribution in [1.82, 2.24) is 15.5 Å². The van der Waals surface area contributed by atoms with Crippen LogP contribution in [0.15, 0.2) is 4.99 Å². The number of nitrogens with one attached hydrogen (secondary N) is 2. The number of guanidine groups is 1. The number of aliphatic imine (C=N–C) groups is 1. The molecule has 132 valence electrons. The van der Waals surface area contributed by atoms with Gasteiger partial charge in [0.05, 0.1) is 0 Å². The average Bonchev–Trinajstić information content (AvgIpc) is 2.41. The molecule has 0 fully saturated rings. The second-order valence-electron chi connectivity index (χ2n) is 6.27. The van der Waals surface area contributed by atoms with Crippen LogP contribution in [0, 0.1) is 5.92 Å². The highest BCUT2D eigenvalue weighted by molar-refractivity contribution is 14.0. The van der Waals surface area contributed by atoms with E-state index < -0.39 is 0 Å². The topological polar surface area (TPSA) is 56.7 Å². The number of hydrogen-bond acceptors (Lipinski definition) is 2. The van der Waals surface area contributed by atoms with Crippen LogP contribution in [0.1, 0.15) is 53.4 Å². The number of rotatable bonds is 9. The lowest BCUT2D eigenvalue weighted by Crippen LogP contribution is -2.44. The highest BCUT2D eigenvalue weighted by atomic mass is 127. The molecule has 0 aliphatic heterocycles. The Balaban J connectivity index is 0. The number of amides is 1. The van der Waals surface area contributed by atoms with Gasteiger partial charge in [-0.3, -0.25) is 4.79 Å². The van der Waals surface area contributed by atoms with Gasteiger partial charge in [-0.1, -0.05) is 40.0 Å². The normalized spacial score (nSPS) is 12.6. The SMILES string of the molecule is CCCCCC(C)NC(=NCC(=O)N(C)C)NCC(C)C.I. The number of halogens is 1. The number of nitrogens with zero attached hydrogens (tertiary/aromatic N) is 2. The third kappa shape index (κ3) is 13.2. The summed E-state index contributed by atoms with van der Waals surface area (Å²) >= 11 is 0. The largest absolute Gasteiger partial charge is 0.356 e. The molecular formula is C16H35IN4O. The van der Waals surface area contributed by atoms with Crippen LogP contribution < -0.4 is 10.6 Å². The maximum atomic E-state index is 11.6. The van der Waals surface area contributed by atoms with Crippen molar-refractivity contribution in [2.24, 2.45) is 10.9 Å². The van der Waals surface area contributed by atoms with Gasteiger partial charge < -0.3 is 15.5 Å². The fraction of sp³-hybridized carbons (Fsp3) is 0.875. The van der Waals surface area contributed by atoms with Crippen LogP contribution in [0.4, 0.5) is 0 Å². The lowest BCUT2D eigenvalue weighted by atomic mass is 10.1. The van der Waals surface area contributed by atoms with Crippen LogP contribution in [-0.2, 0) is 4.79 Å². The van der Waals surface area contributed by atoms with E-state index in [0.29, 0.717) is 12.0 Å². The Morgan fingerprint density at radius 3 is 2.32 bits per heavy atom. The molecule has 1 amide bonds. The molecule has 0 spiro atoms. The predicted molar refractivity (Wildman–Crippen MR) is 106 cm³/mol. The second-order valence-corrected chi connectivity index (χ2v) is 6.27. The quantitative estimate of drug-likeness (QED) is 0.258. The Morgan fingerprint density at radius 2 is 1.82 bits per heavy atom. The Hall–Kier alpha value is -0.530. The maximum absolute atomic E-state index is 11.6. The molecule has 1 atom stereocenters. The van der Waals surface area contributed by atoms with Gasteiger partial charge in [-0.25, -0.2) is 4.99 Å². The summed E-state index contributed by atoms with van der Waals surface area (Å²) in [5, 5.41) is 6.70. The first kappa shape index (κ1) is 23.7. The van der Waals surface area contributed by atoms with E-state index in [4.69, 9.17) is 0 Å². The number of carbonyl (C=O) groups excluding carboxylic acids is 1. The van der Waals surface area contributed by atoms with Crippen LogP contribution in [0.3, 0.4) is 0 Å². The van der Waals surface area contributed by atoms with Gasteiger partial charge >= 0.3 is 0 Å². The number of hydrogen-bond donors (Lipinski definition) is 2. The van der Waals surface area contributed by atoms with Gasteiger partial charge in [-0.05, 0) is 19.3 Å². The number of likely N-dealkylation sites (N-methyl/N-ethyl adjacent to an activating group) is 1. The van der Waals surface area contributed by atoms with Crippen molar-refractivity contribution in [2.45, 2.75) is 59.4 Å². The van der Waals surface area contributed by atoms with Crippen LogP contribution in [0.25, 0.3) is 0 Å². The first-order chi connectivity index (χ1) is 9.86. The van der Waals surface area contributed by atoms with Crippen molar-refractivity contribution in [3.05, 3.63) is 0 Å². The Morgan fingerprint density at radius 1 is 1.18 bits per heavy atom. The molecule has 22 heavy (non-hydrogen) atoms. The molecule has 0 rings (SSSR count). The van der Waals surface area contributed by atoms with Gasteiger partial charge in [-0.2, -0.15) is 0 Å². The monoisotopic (exact) mass is 426 g/mol. The molecule has 0 bridgehead atoms. The average molecular weight is 426 g/mol. The summed E-state index contributed by atoms with van der Waals surface area (Å²) in [6.07, 6.45) is 4.84. The van der Waals surface area contributed by atoms with E-state index in [9.17, 15) is 4.79 Å². The molecule has 0 heterocycles. The van der Waals surface area contributed by atoms with Crippen molar-refractivity contribution < 1.29 is 4.79 Å². The summed E-state index contributed by atoms with van der Waals surface area (Å²) in [5.41, 5.74) is 0. The van der Waals surface area contributed by atoms with Gasteiger partial charge in [0.1, 0.15) is 6.54 Å².